The Morgan fingerprint density at radius 1 is 1.48 bits per heavy atom. The number of hydrazine groups is 1. The lowest BCUT2D eigenvalue weighted by molar-refractivity contribution is 0.0102. The molecule has 0 saturated carbocycles. The molecule has 2 aromatic rings. The molecule has 21 heavy (non-hydrogen) atoms. The van der Waals surface area contributed by atoms with E-state index in [1.54, 1.807) is 12.1 Å². The molecule has 0 bridgehead atoms. The van der Waals surface area contributed by atoms with Crippen LogP contribution >= 0.6 is 0 Å². The van der Waals surface area contributed by atoms with Gasteiger partial charge < -0.3 is 14.5 Å². The summed E-state index contributed by atoms with van der Waals surface area (Å²) in [4.78, 5) is 19.2. The minimum absolute atomic E-state index is 0.348. The van der Waals surface area contributed by atoms with Crippen LogP contribution in [0.5, 0.6) is 0 Å². The van der Waals surface area contributed by atoms with Crippen LogP contribution in [-0.2, 0) is 16.0 Å². The maximum Gasteiger partial charge on any atom is 0.337 e. The maximum atomic E-state index is 11.5. The summed E-state index contributed by atoms with van der Waals surface area (Å²) in [6, 6.07) is 5.29. The van der Waals surface area contributed by atoms with Gasteiger partial charge in [0.1, 0.15) is 5.82 Å². The van der Waals surface area contributed by atoms with E-state index in [1.165, 1.54) is 7.11 Å². The lowest BCUT2D eigenvalue weighted by Gasteiger charge is -2.26. The molecule has 0 unspecified atom stereocenters. The first kappa shape index (κ1) is 14.0. The molecule has 3 rings (SSSR count). The van der Waals surface area contributed by atoms with Crippen molar-refractivity contribution in [3.05, 3.63) is 29.6 Å². The van der Waals surface area contributed by atoms with Crippen molar-refractivity contribution in [3.63, 3.8) is 0 Å². The number of nitrogens with one attached hydrogen (secondary N) is 2. The summed E-state index contributed by atoms with van der Waals surface area (Å²) >= 11 is 0. The molecule has 1 aromatic heterocycles. The Hall–Kier alpha value is -1.96. The Labute approximate surface area is 122 Å². The summed E-state index contributed by atoms with van der Waals surface area (Å²) < 4.78 is 10.0. The molecule has 1 aromatic carbocycles. The molecule has 1 aliphatic rings. The molecule has 1 saturated heterocycles. The Bertz CT molecular complexity index is 634. The molecule has 2 N–H and O–H groups in total. The number of aromatic amines is 1. The van der Waals surface area contributed by atoms with Crippen molar-refractivity contribution in [3.8, 4) is 0 Å². The highest BCUT2D eigenvalue weighted by atomic mass is 16.5. The molecule has 7 nitrogen and oxygen atoms in total. The third kappa shape index (κ3) is 3.21. The van der Waals surface area contributed by atoms with Crippen molar-refractivity contribution >= 4 is 17.0 Å². The SMILES string of the molecule is COC(=O)c1ccc2nc(CNN3CCOCC3)[nH]c2c1. The minimum Gasteiger partial charge on any atom is -0.465 e. The zero-order valence-corrected chi connectivity index (χ0v) is 11.9. The zero-order valence-electron chi connectivity index (χ0n) is 11.9. The van der Waals surface area contributed by atoms with Crippen LogP contribution in [0.1, 0.15) is 16.2 Å². The van der Waals surface area contributed by atoms with E-state index < -0.39 is 0 Å². The number of nitrogens with zero attached hydrogens (tertiary/aromatic N) is 2. The highest BCUT2D eigenvalue weighted by Gasteiger charge is 2.12. The van der Waals surface area contributed by atoms with Crippen molar-refractivity contribution in [2.45, 2.75) is 6.54 Å². The number of hydrogen-bond acceptors (Lipinski definition) is 6. The van der Waals surface area contributed by atoms with Gasteiger partial charge in [-0.1, -0.05) is 0 Å². The molecule has 2 heterocycles. The molecule has 1 fully saturated rings. The van der Waals surface area contributed by atoms with Gasteiger partial charge >= 0.3 is 5.97 Å². The number of aromatic nitrogens is 2. The van der Waals surface area contributed by atoms with Crippen molar-refractivity contribution in [2.24, 2.45) is 0 Å². The fourth-order valence-electron chi connectivity index (χ4n) is 2.30. The van der Waals surface area contributed by atoms with Crippen LogP contribution < -0.4 is 5.43 Å². The van der Waals surface area contributed by atoms with Crippen LogP contribution in [0.4, 0.5) is 0 Å². The molecule has 0 radical (unpaired) electrons. The minimum atomic E-state index is -0.348. The molecule has 0 aliphatic carbocycles. The Morgan fingerprint density at radius 2 is 2.29 bits per heavy atom. The number of carbonyl (C=O) groups excluding carboxylic acids is 1. The molecule has 1 aliphatic heterocycles. The fraction of sp³-hybridized carbons (Fsp3) is 0.429. The largest absolute Gasteiger partial charge is 0.465 e. The first-order valence-electron chi connectivity index (χ1n) is 6.89. The first-order valence-corrected chi connectivity index (χ1v) is 6.89. The van der Waals surface area contributed by atoms with E-state index in [-0.39, 0.29) is 5.97 Å². The summed E-state index contributed by atoms with van der Waals surface area (Å²) in [6.07, 6.45) is 0. The van der Waals surface area contributed by atoms with E-state index in [4.69, 9.17) is 9.47 Å². The Kier molecular flexibility index (Phi) is 4.14. The average Bonchev–Trinajstić information content (AvgIpc) is 2.95. The number of methoxy groups -OCH3 is 1. The number of carbonyl (C=O) groups is 1. The highest BCUT2D eigenvalue weighted by Crippen LogP contribution is 2.14. The van der Waals surface area contributed by atoms with Gasteiger partial charge in [0.05, 0.1) is 43.5 Å². The standard InChI is InChI=1S/C14H18N4O3/c1-20-14(19)10-2-3-11-12(8-10)17-13(16-11)9-15-18-4-6-21-7-5-18/h2-3,8,15H,4-7,9H2,1H3,(H,16,17). The topological polar surface area (TPSA) is 79.5 Å². The van der Waals surface area contributed by atoms with Crippen molar-refractivity contribution in [1.29, 1.82) is 0 Å². The third-order valence-electron chi connectivity index (χ3n) is 3.43. The van der Waals surface area contributed by atoms with Gasteiger partial charge in [-0.05, 0) is 18.2 Å². The molecule has 7 heteroatoms. The van der Waals surface area contributed by atoms with E-state index in [9.17, 15) is 4.79 Å². The van der Waals surface area contributed by atoms with E-state index >= 15 is 0 Å². The van der Waals surface area contributed by atoms with Crippen LogP contribution in [0.15, 0.2) is 18.2 Å². The molecule has 0 atom stereocenters. The Morgan fingerprint density at radius 3 is 3.05 bits per heavy atom. The average molecular weight is 290 g/mol. The molecule has 0 spiro atoms. The van der Waals surface area contributed by atoms with Gasteiger partial charge in [0.2, 0.25) is 0 Å². The summed E-state index contributed by atoms with van der Waals surface area (Å²) in [5, 5.41) is 2.12. The van der Waals surface area contributed by atoms with E-state index in [0.717, 1.165) is 43.2 Å². The zero-order chi connectivity index (χ0) is 14.7. The van der Waals surface area contributed by atoms with Gasteiger partial charge in [-0.2, -0.15) is 0 Å². The fourth-order valence-corrected chi connectivity index (χ4v) is 2.30. The third-order valence-corrected chi connectivity index (χ3v) is 3.43. The van der Waals surface area contributed by atoms with Crippen molar-refractivity contribution < 1.29 is 14.3 Å². The van der Waals surface area contributed by atoms with Crippen LogP contribution in [0, 0.1) is 0 Å². The van der Waals surface area contributed by atoms with Crippen LogP contribution in [0.2, 0.25) is 0 Å². The van der Waals surface area contributed by atoms with Gasteiger partial charge in [0.15, 0.2) is 0 Å². The number of fused-ring (bicyclic) bond motifs is 1. The summed E-state index contributed by atoms with van der Waals surface area (Å²) in [5.74, 6) is 0.484. The first-order chi connectivity index (χ1) is 10.3. The van der Waals surface area contributed by atoms with Crippen LogP contribution in [0.25, 0.3) is 11.0 Å². The predicted molar refractivity (Wildman–Crippen MR) is 76.7 cm³/mol. The van der Waals surface area contributed by atoms with E-state index in [2.05, 4.69) is 20.4 Å². The number of morpholine rings is 1. The van der Waals surface area contributed by atoms with Crippen LogP contribution in [0.3, 0.4) is 0 Å². The van der Waals surface area contributed by atoms with Gasteiger partial charge in [0.25, 0.3) is 0 Å². The number of imidazole rings is 1. The molecule has 112 valence electrons. The van der Waals surface area contributed by atoms with Gasteiger partial charge in [-0.3, -0.25) is 0 Å². The summed E-state index contributed by atoms with van der Waals surface area (Å²) in [7, 11) is 1.37. The molecular weight excluding hydrogens is 272 g/mol. The van der Waals surface area contributed by atoms with Gasteiger partial charge in [0, 0.05) is 13.1 Å². The molecule has 0 amide bonds. The van der Waals surface area contributed by atoms with Gasteiger partial charge in [-0.15, -0.1) is 0 Å². The number of esters is 1. The lowest BCUT2D eigenvalue weighted by Crippen LogP contribution is -2.45. The second kappa shape index (κ2) is 6.21. The smallest absolute Gasteiger partial charge is 0.337 e. The number of H-pyrrole nitrogens is 1. The number of ether oxygens (including phenoxy) is 2. The Balaban J connectivity index is 1.70. The van der Waals surface area contributed by atoms with Crippen LogP contribution in [-0.4, -0.2) is 54.4 Å². The lowest BCUT2D eigenvalue weighted by atomic mass is 10.2. The van der Waals surface area contributed by atoms with Gasteiger partial charge in [-0.25, -0.2) is 20.2 Å². The number of hydrogen-bond donors (Lipinski definition) is 2. The normalized spacial score (nSPS) is 16.2. The molecular formula is C14H18N4O3. The van der Waals surface area contributed by atoms with Crippen molar-refractivity contribution in [1.82, 2.24) is 20.4 Å². The number of benzene rings is 1. The maximum absolute atomic E-state index is 11.5. The highest BCUT2D eigenvalue weighted by molar-refractivity contribution is 5.93. The number of rotatable bonds is 4. The quantitative estimate of drug-likeness (QED) is 0.806. The monoisotopic (exact) mass is 290 g/mol. The van der Waals surface area contributed by atoms with E-state index in [0.29, 0.717) is 12.1 Å². The second-order valence-electron chi connectivity index (χ2n) is 4.84. The summed E-state index contributed by atoms with van der Waals surface area (Å²) in [5.41, 5.74) is 5.50. The van der Waals surface area contributed by atoms with E-state index in [1.807, 2.05) is 6.07 Å². The second-order valence-corrected chi connectivity index (χ2v) is 4.84. The predicted octanol–water partition coefficient (Wildman–Crippen LogP) is 0.686. The summed E-state index contributed by atoms with van der Waals surface area (Å²) in [6.45, 7) is 3.84. The van der Waals surface area contributed by atoms with Crippen molar-refractivity contribution in [2.75, 3.05) is 33.4 Å².